The van der Waals surface area contributed by atoms with E-state index < -0.39 is 24.1 Å². The highest BCUT2D eigenvalue weighted by Crippen LogP contribution is 2.20. The molecule has 2 N–H and O–H groups in total. The third kappa shape index (κ3) is 7.28. The van der Waals surface area contributed by atoms with Crippen LogP contribution >= 0.6 is 0 Å². The Hall–Kier alpha value is -1.79. The smallest absolute Gasteiger partial charge is 0.407 e. The van der Waals surface area contributed by atoms with Gasteiger partial charge in [-0.1, -0.05) is 0 Å². The van der Waals surface area contributed by atoms with Gasteiger partial charge in [0.15, 0.2) is 0 Å². The number of carboxylic acids is 1. The number of nitrogens with zero attached hydrogens (tertiary/aromatic N) is 1. The van der Waals surface area contributed by atoms with Gasteiger partial charge in [-0.15, -0.1) is 0 Å². The highest BCUT2D eigenvalue weighted by Gasteiger charge is 2.24. The third-order valence-electron chi connectivity index (χ3n) is 3.49. The first-order valence-corrected chi connectivity index (χ1v) is 7.64. The van der Waals surface area contributed by atoms with Crippen molar-refractivity contribution in [3.63, 3.8) is 0 Å². The second-order valence-electron chi connectivity index (χ2n) is 6.61. The van der Waals surface area contributed by atoms with E-state index in [-0.39, 0.29) is 5.91 Å². The Labute approximate surface area is 131 Å². The van der Waals surface area contributed by atoms with Crippen molar-refractivity contribution in [2.45, 2.75) is 52.1 Å². The molecule has 1 rings (SSSR count). The minimum Gasteiger partial charge on any atom is -0.481 e. The van der Waals surface area contributed by atoms with E-state index in [1.54, 1.807) is 4.90 Å². The number of carbonyl (C=O) groups is 3. The lowest BCUT2D eigenvalue weighted by atomic mass is 9.93. The Morgan fingerprint density at radius 1 is 1.23 bits per heavy atom. The highest BCUT2D eigenvalue weighted by atomic mass is 16.6. The van der Waals surface area contributed by atoms with E-state index in [1.165, 1.54) is 0 Å². The number of amides is 2. The van der Waals surface area contributed by atoms with Gasteiger partial charge in [-0.05, 0) is 46.0 Å². The molecule has 126 valence electrons. The lowest BCUT2D eigenvalue weighted by molar-refractivity contribution is -0.144. The summed E-state index contributed by atoms with van der Waals surface area (Å²) in [6.07, 6.45) is 1.65. The van der Waals surface area contributed by atoms with Crippen LogP contribution in [0.1, 0.15) is 46.5 Å². The Morgan fingerprint density at radius 3 is 2.32 bits per heavy atom. The molecule has 7 heteroatoms. The van der Waals surface area contributed by atoms with Crippen molar-refractivity contribution in [2.24, 2.45) is 5.92 Å². The Bertz CT molecular complexity index is 409. The maximum absolute atomic E-state index is 11.6. The lowest BCUT2D eigenvalue weighted by Crippen LogP contribution is -2.40. The van der Waals surface area contributed by atoms with E-state index in [4.69, 9.17) is 9.84 Å². The van der Waals surface area contributed by atoms with Crippen molar-refractivity contribution >= 4 is 18.0 Å². The van der Waals surface area contributed by atoms with E-state index in [1.807, 2.05) is 20.8 Å². The van der Waals surface area contributed by atoms with Gasteiger partial charge in [-0.2, -0.15) is 0 Å². The fourth-order valence-corrected chi connectivity index (χ4v) is 2.40. The van der Waals surface area contributed by atoms with Gasteiger partial charge in [0, 0.05) is 19.6 Å². The van der Waals surface area contributed by atoms with E-state index in [2.05, 4.69) is 5.32 Å². The molecule has 1 heterocycles. The van der Waals surface area contributed by atoms with Crippen molar-refractivity contribution in [3.8, 4) is 0 Å². The molecule has 0 aromatic rings. The van der Waals surface area contributed by atoms with Crippen molar-refractivity contribution in [1.29, 1.82) is 0 Å². The Kier molecular flexibility index (Phi) is 6.64. The molecule has 0 saturated carbocycles. The number of nitrogens with one attached hydrogen (secondary N) is 1. The van der Waals surface area contributed by atoms with Gasteiger partial charge >= 0.3 is 12.1 Å². The Balaban J connectivity index is 2.19. The molecule has 0 aliphatic carbocycles. The molecule has 0 radical (unpaired) electrons. The number of rotatable bonds is 5. The summed E-state index contributed by atoms with van der Waals surface area (Å²) in [6, 6.07) is 0. The van der Waals surface area contributed by atoms with Crippen molar-refractivity contribution < 1.29 is 24.2 Å². The highest BCUT2D eigenvalue weighted by molar-refractivity contribution is 5.93. The van der Waals surface area contributed by atoms with Crippen LogP contribution < -0.4 is 5.32 Å². The number of alkyl carbamates (subject to hydrolysis) is 1. The molecule has 0 aromatic heterocycles. The summed E-state index contributed by atoms with van der Waals surface area (Å²) in [5.41, 5.74) is -0.500. The second kappa shape index (κ2) is 8.00. The number of likely N-dealkylation sites (tertiary alicyclic amines) is 1. The molecular formula is C15H26N2O5. The van der Waals surface area contributed by atoms with Crippen molar-refractivity contribution in [2.75, 3.05) is 19.6 Å². The molecule has 2 amide bonds. The number of carbonyl (C=O) groups excluding carboxylic acids is 2. The maximum Gasteiger partial charge on any atom is 0.407 e. The van der Waals surface area contributed by atoms with Crippen LogP contribution in [0.3, 0.4) is 0 Å². The molecule has 1 saturated heterocycles. The molecule has 0 unspecified atom stereocenters. The number of hydrogen-bond acceptors (Lipinski definition) is 4. The average Bonchev–Trinajstić information content (AvgIpc) is 2.36. The summed E-state index contributed by atoms with van der Waals surface area (Å²) in [5, 5.41) is 11.3. The second-order valence-corrected chi connectivity index (χ2v) is 6.61. The van der Waals surface area contributed by atoms with Gasteiger partial charge in [0.05, 0.1) is 0 Å². The van der Waals surface area contributed by atoms with Crippen LogP contribution in [0.25, 0.3) is 0 Å². The standard InChI is InChI=1S/C15H26N2O5/c1-15(2,3)22-14(21)16-7-4-11-5-8-17(9-6-11)12(18)10-13(19)20/h11H,4-10H2,1-3H3,(H,16,21)(H,19,20). The number of aliphatic carboxylic acids is 1. The van der Waals surface area contributed by atoms with E-state index in [9.17, 15) is 14.4 Å². The minimum atomic E-state index is -1.09. The first-order valence-electron chi connectivity index (χ1n) is 7.64. The quantitative estimate of drug-likeness (QED) is 0.752. The van der Waals surface area contributed by atoms with E-state index in [0.29, 0.717) is 25.6 Å². The zero-order chi connectivity index (χ0) is 16.8. The number of hydrogen-bond donors (Lipinski definition) is 2. The van der Waals surface area contributed by atoms with Gasteiger partial charge in [0.25, 0.3) is 0 Å². The Morgan fingerprint density at radius 2 is 1.82 bits per heavy atom. The molecule has 0 bridgehead atoms. The van der Waals surface area contributed by atoms with Crippen LogP contribution in [0.15, 0.2) is 0 Å². The summed E-state index contributed by atoms with van der Waals surface area (Å²) < 4.78 is 5.15. The first kappa shape index (κ1) is 18.3. The van der Waals surface area contributed by atoms with Gasteiger partial charge < -0.3 is 20.1 Å². The zero-order valence-electron chi connectivity index (χ0n) is 13.6. The topological polar surface area (TPSA) is 95.9 Å². The van der Waals surface area contributed by atoms with Crippen LogP contribution in [-0.4, -0.2) is 53.2 Å². The lowest BCUT2D eigenvalue weighted by Gasteiger charge is -2.31. The van der Waals surface area contributed by atoms with Crippen LogP contribution in [0.4, 0.5) is 4.79 Å². The minimum absolute atomic E-state index is 0.321. The van der Waals surface area contributed by atoms with E-state index in [0.717, 1.165) is 19.3 Å². The molecule has 0 atom stereocenters. The first-order chi connectivity index (χ1) is 10.2. The largest absolute Gasteiger partial charge is 0.481 e. The fraction of sp³-hybridized carbons (Fsp3) is 0.800. The van der Waals surface area contributed by atoms with Crippen LogP contribution in [0, 0.1) is 5.92 Å². The summed E-state index contributed by atoms with van der Waals surface area (Å²) in [7, 11) is 0. The summed E-state index contributed by atoms with van der Waals surface area (Å²) in [6.45, 7) is 7.17. The number of piperidine rings is 1. The summed E-state index contributed by atoms with van der Waals surface area (Å²) in [4.78, 5) is 35.2. The summed E-state index contributed by atoms with van der Waals surface area (Å²) in [5.74, 6) is -0.977. The number of carboxylic acid groups (broad SMARTS) is 1. The molecule has 7 nitrogen and oxygen atoms in total. The zero-order valence-corrected chi connectivity index (χ0v) is 13.6. The van der Waals surface area contributed by atoms with Gasteiger partial charge in [-0.3, -0.25) is 9.59 Å². The maximum atomic E-state index is 11.6. The number of ether oxygens (including phenoxy) is 1. The molecular weight excluding hydrogens is 288 g/mol. The van der Waals surface area contributed by atoms with Crippen molar-refractivity contribution in [1.82, 2.24) is 10.2 Å². The predicted octanol–water partition coefficient (Wildman–Crippen LogP) is 1.61. The van der Waals surface area contributed by atoms with Crippen LogP contribution in [-0.2, 0) is 14.3 Å². The molecule has 0 aromatic carbocycles. The third-order valence-corrected chi connectivity index (χ3v) is 3.49. The van der Waals surface area contributed by atoms with Gasteiger partial charge in [0.2, 0.25) is 5.91 Å². The normalized spacial score (nSPS) is 16.2. The molecule has 1 fully saturated rings. The van der Waals surface area contributed by atoms with Gasteiger partial charge in [-0.25, -0.2) is 4.79 Å². The van der Waals surface area contributed by atoms with Crippen LogP contribution in [0.5, 0.6) is 0 Å². The molecule has 22 heavy (non-hydrogen) atoms. The average molecular weight is 314 g/mol. The van der Waals surface area contributed by atoms with Crippen molar-refractivity contribution in [3.05, 3.63) is 0 Å². The molecule has 0 spiro atoms. The van der Waals surface area contributed by atoms with Gasteiger partial charge in [0.1, 0.15) is 12.0 Å². The fourth-order valence-electron chi connectivity index (χ4n) is 2.40. The summed E-state index contributed by atoms with van der Waals surface area (Å²) >= 11 is 0. The predicted molar refractivity (Wildman–Crippen MR) is 80.4 cm³/mol. The monoisotopic (exact) mass is 314 g/mol. The SMILES string of the molecule is CC(C)(C)OC(=O)NCCC1CCN(C(=O)CC(=O)O)CC1. The molecule has 1 aliphatic rings. The van der Waals surface area contributed by atoms with Crippen LogP contribution in [0.2, 0.25) is 0 Å². The van der Waals surface area contributed by atoms with E-state index >= 15 is 0 Å². The molecule has 1 aliphatic heterocycles.